The maximum Gasteiger partial charge on any atom is 0.254 e. The first-order valence-electron chi connectivity index (χ1n) is 6.10. The Morgan fingerprint density at radius 2 is 2.10 bits per heavy atom. The van der Waals surface area contributed by atoms with Gasteiger partial charge in [-0.15, -0.1) is 0 Å². The van der Waals surface area contributed by atoms with Gasteiger partial charge < -0.3 is 4.90 Å². The van der Waals surface area contributed by atoms with Crippen molar-refractivity contribution >= 4 is 28.7 Å². The molecule has 20 heavy (non-hydrogen) atoms. The second kappa shape index (κ2) is 4.31. The number of aromatic nitrogens is 4. The van der Waals surface area contributed by atoms with Crippen molar-refractivity contribution in [2.75, 3.05) is 0 Å². The molecule has 1 amide bonds. The number of rotatable bonds is 1. The molecule has 4 rings (SSSR count). The topological polar surface area (TPSA) is 71.9 Å². The first kappa shape index (κ1) is 11.4. The number of hydrogen-bond donors (Lipinski definition) is 0. The van der Waals surface area contributed by atoms with Gasteiger partial charge in [0.25, 0.3) is 5.91 Å². The van der Waals surface area contributed by atoms with Crippen LogP contribution >= 0.6 is 11.7 Å². The van der Waals surface area contributed by atoms with Crippen LogP contribution in [0.3, 0.4) is 0 Å². The van der Waals surface area contributed by atoms with Gasteiger partial charge in [-0.25, -0.2) is 9.97 Å². The Morgan fingerprint density at radius 1 is 1.20 bits per heavy atom. The number of nitrogens with zero attached hydrogens (tertiary/aromatic N) is 5. The molecule has 0 unspecified atom stereocenters. The summed E-state index contributed by atoms with van der Waals surface area (Å²) >= 11 is 1.15. The number of hydrogen-bond acceptors (Lipinski definition) is 6. The molecule has 0 radical (unpaired) electrons. The third-order valence-corrected chi connectivity index (χ3v) is 3.93. The molecule has 0 saturated heterocycles. The van der Waals surface area contributed by atoms with Crippen molar-refractivity contribution in [3.8, 4) is 0 Å². The monoisotopic (exact) mass is 283 g/mol. The second-order valence-corrected chi connectivity index (χ2v) is 5.15. The molecule has 6 nitrogen and oxygen atoms in total. The van der Waals surface area contributed by atoms with Crippen LogP contribution in [0, 0.1) is 0 Å². The number of carbonyl (C=O) groups excluding carboxylic acids is 1. The molecule has 0 spiro atoms. The lowest BCUT2D eigenvalue weighted by molar-refractivity contribution is 0.0750. The van der Waals surface area contributed by atoms with E-state index in [-0.39, 0.29) is 5.91 Å². The van der Waals surface area contributed by atoms with Crippen molar-refractivity contribution < 1.29 is 4.79 Å². The van der Waals surface area contributed by atoms with Crippen molar-refractivity contribution in [3.63, 3.8) is 0 Å². The molecule has 3 aromatic rings. The van der Waals surface area contributed by atoms with Crippen LogP contribution in [0.1, 0.15) is 21.6 Å². The Hall–Kier alpha value is -2.41. The summed E-state index contributed by atoms with van der Waals surface area (Å²) in [5, 5.41) is 0. The predicted octanol–water partition coefficient (Wildman–Crippen LogP) is 1.64. The number of fused-ring (bicyclic) bond motifs is 2. The average molecular weight is 283 g/mol. The number of benzene rings is 1. The third kappa shape index (κ3) is 1.75. The first-order valence-corrected chi connectivity index (χ1v) is 6.83. The Balaban J connectivity index is 1.65. The lowest BCUT2D eigenvalue weighted by atomic mass is 10.2. The fourth-order valence-electron chi connectivity index (χ4n) is 2.34. The Bertz CT molecular complexity index is 790. The van der Waals surface area contributed by atoms with Crippen LogP contribution in [0.5, 0.6) is 0 Å². The molecular weight excluding hydrogens is 274 g/mol. The molecule has 0 atom stereocenters. The van der Waals surface area contributed by atoms with Crippen LogP contribution in [-0.2, 0) is 13.1 Å². The van der Waals surface area contributed by atoms with E-state index in [1.165, 1.54) is 6.33 Å². The number of amides is 1. The summed E-state index contributed by atoms with van der Waals surface area (Å²) in [6, 6.07) is 5.41. The van der Waals surface area contributed by atoms with E-state index in [2.05, 4.69) is 18.7 Å². The highest BCUT2D eigenvalue weighted by Gasteiger charge is 2.25. The molecule has 0 N–H and O–H groups in total. The van der Waals surface area contributed by atoms with Crippen molar-refractivity contribution in [2.24, 2.45) is 0 Å². The maximum absolute atomic E-state index is 12.5. The van der Waals surface area contributed by atoms with Gasteiger partial charge in [-0.2, -0.15) is 8.75 Å². The standard InChI is InChI=1S/C13H9N5OS/c19-13(8-1-2-10-11(3-8)17-20-16-10)18-5-9-4-14-7-15-12(9)6-18/h1-4,7H,5-6H2. The summed E-state index contributed by atoms with van der Waals surface area (Å²) in [5.74, 6) is -0.0158. The van der Waals surface area contributed by atoms with Crippen LogP contribution in [0.25, 0.3) is 11.0 Å². The summed E-state index contributed by atoms with van der Waals surface area (Å²) < 4.78 is 8.30. The minimum Gasteiger partial charge on any atom is -0.328 e. The highest BCUT2D eigenvalue weighted by Crippen LogP contribution is 2.22. The van der Waals surface area contributed by atoms with E-state index in [9.17, 15) is 4.79 Å². The van der Waals surface area contributed by atoms with Gasteiger partial charge in [0.05, 0.1) is 24.0 Å². The van der Waals surface area contributed by atoms with Crippen LogP contribution in [0.15, 0.2) is 30.7 Å². The highest BCUT2D eigenvalue weighted by atomic mass is 32.1. The van der Waals surface area contributed by atoms with Crippen molar-refractivity contribution in [3.05, 3.63) is 47.5 Å². The quantitative estimate of drug-likeness (QED) is 0.679. The van der Waals surface area contributed by atoms with E-state index in [1.807, 2.05) is 6.07 Å². The molecule has 2 aromatic heterocycles. The Kier molecular flexibility index (Phi) is 2.46. The van der Waals surface area contributed by atoms with Crippen LogP contribution in [0.2, 0.25) is 0 Å². The molecule has 7 heteroatoms. The van der Waals surface area contributed by atoms with Gasteiger partial charge in [0.15, 0.2) is 0 Å². The molecule has 0 bridgehead atoms. The predicted molar refractivity (Wildman–Crippen MR) is 73.0 cm³/mol. The van der Waals surface area contributed by atoms with E-state index in [0.29, 0.717) is 18.7 Å². The second-order valence-electron chi connectivity index (χ2n) is 4.62. The summed E-state index contributed by atoms with van der Waals surface area (Å²) in [6.07, 6.45) is 3.28. The summed E-state index contributed by atoms with van der Waals surface area (Å²) in [5.41, 5.74) is 4.15. The lowest BCUT2D eigenvalue weighted by Gasteiger charge is -2.14. The molecule has 0 saturated carbocycles. The van der Waals surface area contributed by atoms with Crippen molar-refractivity contribution in [1.82, 2.24) is 23.6 Å². The van der Waals surface area contributed by atoms with Gasteiger partial charge in [0.2, 0.25) is 0 Å². The summed E-state index contributed by atoms with van der Waals surface area (Å²) in [6.45, 7) is 1.09. The van der Waals surface area contributed by atoms with Crippen molar-refractivity contribution in [2.45, 2.75) is 13.1 Å². The van der Waals surface area contributed by atoms with Gasteiger partial charge >= 0.3 is 0 Å². The third-order valence-electron chi connectivity index (χ3n) is 3.37. The zero-order chi connectivity index (χ0) is 13.5. The molecule has 1 aromatic carbocycles. The van der Waals surface area contributed by atoms with E-state index >= 15 is 0 Å². The van der Waals surface area contributed by atoms with Gasteiger partial charge in [-0.05, 0) is 18.2 Å². The summed E-state index contributed by atoms with van der Waals surface area (Å²) in [4.78, 5) is 22.5. The van der Waals surface area contributed by atoms with E-state index in [1.54, 1.807) is 23.2 Å². The van der Waals surface area contributed by atoms with E-state index < -0.39 is 0 Å². The summed E-state index contributed by atoms with van der Waals surface area (Å²) in [7, 11) is 0. The van der Waals surface area contributed by atoms with E-state index in [4.69, 9.17) is 0 Å². The highest BCUT2D eigenvalue weighted by molar-refractivity contribution is 7.00. The Morgan fingerprint density at radius 3 is 3.00 bits per heavy atom. The molecular formula is C13H9N5OS. The van der Waals surface area contributed by atoms with Gasteiger partial charge in [-0.3, -0.25) is 4.79 Å². The molecule has 1 aliphatic heterocycles. The van der Waals surface area contributed by atoms with Crippen LogP contribution < -0.4 is 0 Å². The zero-order valence-corrected chi connectivity index (χ0v) is 11.2. The van der Waals surface area contributed by atoms with Gasteiger partial charge in [0, 0.05) is 23.9 Å². The van der Waals surface area contributed by atoms with Crippen LogP contribution in [0.4, 0.5) is 0 Å². The fraction of sp³-hybridized carbons (Fsp3) is 0.154. The van der Waals surface area contributed by atoms with Crippen molar-refractivity contribution in [1.29, 1.82) is 0 Å². The first-order chi connectivity index (χ1) is 9.81. The normalized spacial score (nSPS) is 13.7. The number of carbonyl (C=O) groups is 1. The fourth-order valence-corrected chi connectivity index (χ4v) is 2.86. The van der Waals surface area contributed by atoms with E-state index in [0.717, 1.165) is 34.0 Å². The zero-order valence-electron chi connectivity index (χ0n) is 10.4. The van der Waals surface area contributed by atoms with Gasteiger partial charge in [-0.1, -0.05) is 0 Å². The average Bonchev–Trinajstić information content (AvgIpc) is 3.11. The molecule has 3 heterocycles. The molecule has 98 valence electrons. The lowest BCUT2D eigenvalue weighted by Crippen LogP contribution is -2.25. The SMILES string of the molecule is O=C(c1ccc2nsnc2c1)N1Cc2cncnc2C1. The minimum absolute atomic E-state index is 0.0158. The molecule has 0 aliphatic carbocycles. The minimum atomic E-state index is -0.0158. The van der Waals surface area contributed by atoms with Crippen LogP contribution in [-0.4, -0.2) is 29.5 Å². The largest absolute Gasteiger partial charge is 0.328 e. The maximum atomic E-state index is 12.5. The molecule has 1 aliphatic rings. The smallest absolute Gasteiger partial charge is 0.254 e. The van der Waals surface area contributed by atoms with Gasteiger partial charge in [0.1, 0.15) is 17.4 Å². The molecule has 0 fully saturated rings. The Labute approximate surface area is 118 Å².